The molecule has 7 nitrogen and oxygen atoms in total. The molecule has 3 aliphatic rings. The van der Waals surface area contributed by atoms with Crippen LogP contribution in [0.4, 0.5) is 0 Å². The fourth-order valence-electron chi connectivity index (χ4n) is 5.20. The number of ether oxygens (including phenoxy) is 2. The van der Waals surface area contributed by atoms with Gasteiger partial charge in [-0.25, -0.2) is 4.79 Å². The van der Waals surface area contributed by atoms with E-state index >= 15 is 0 Å². The molecule has 1 spiro atoms. The molecule has 1 aliphatic carbocycles. The van der Waals surface area contributed by atoms with Crippen LogP contribution < -0.4 is 21.0 Å². The minimum absolute atomic E-state index is 0.0255. The van der Waals surface area contributed by atoms with Gasteiger partial charge in [0.15, 0.2) is 6.61 Å². The van der Waals surface area contributed by atoms with Crippen molar-refractivity contribution in [3.05, 3.63) is 39.2 Å². The van der Waals surface area contributed by atoms with E-state index in [0.717, 1.165) is 73.7 Å². The van der Waals surface area contributed by atoms with E-state index in [-0.39, 0.29) is 29.8 Å². The third kappa shape index (κ3) is 3.50. The lowest BCUT2D eigenvalue weighted by molar-refractivity contribution is -0.123. The number of fused-ring (bicyclic) bond motifs is 3. The molecule has 0 bridgehead atoms. The van der Waals surface area contributed by atoms with Crippen LogP contribution in [0.25, 0.3) is 11.0 Å². The van der Waals surface area contributed by atoms with Crippen molar-refractivity contribution in [2.75, 3.05) is 26.3 Å². The second-order valence-electron chi connectivity index (χ2n) is 8.77. The summed E-state index contributed by atoms with van der Waals surface area (Å²) in [6, 6.07) is 3.83. The van der Waals surface area contributed by atoms with E-state index in [2.05, 4.69) is 10.6 Å². The van der Waals surface area contributed by atoms with Gasteiger partial charge in [-0.3, -0.25) is 4.79 Å². The van der Waals surface area contributed by atoms with Crippen molar-refractivity contribution < 1.29 is 18.7 Å². The van der Waals surface area contributed by atoms with Crippen molar-refractivity contribution in [3.63, 3.8) is 0 Å². The van der Waals surface area contributed by atoms with Gasteiger partial charge in [0.1, 0.15) is 11.3 Å². The first kappa shape index (κ1) is 19.6. The second kappa shape index (κ2) is 7.71. The molecule has 160 valence electrons. The molecule has 1 atom stereocenters. The van der Waals surface area contributed by atoms with Crippen LogP contribution in [0.15, 0.2) is 21.3 Å². The second-order valence-corrected chi connectivity index (χ2v) is 8.77. The zero-order valence-electron chi connectivity index (χ0n) is 17.3. The monoisotopic (exact) mass is 412 g/mol. The Morgan fingerprint density at radius 1 is 1.27 bits per heavy atom. The first-order chi connectivity index (χ1) is 14.5. The summed E-state index contributed by atoms with van der Waals surface area (Å²) in [6.07, 6.45) is 5.50. The summed E-state index contributed by atoms with van der Waals surface area (Å²) < 4.78 is 17.4. The van der Waals surface area contributed by atoms with Crippen LogP contribution in [0.1, 0.15) is 42.4 Å². The van der Waals surface area contributed by atoms with E-state index in [9.17, 15) is 9.59 Å². The predicted molar refractivity (Wildman–Crippen MR) is 112 cm³/mol. The van der Waals surface area contributed by atoms with Crippen LogP contribution in [0.5, 0.6) is 5.75 Å². The molecule has 30 heavy (non-hydrogen) atoms. The molecule has 2 saturated heterocycles. The molecule has 2 aromatic rings. The lowest BCUT2D eigenvalue weighted by atomic mass is 9.88. The molecule has 2 N–H and O–H groups in total. The van der Waals surface area contributed by atoms with Gasteiger partial charge >= 0.3 is 5.63 Å². The van der Waals surface area contributed by atoms with Gasteiger partial charge in [-0.05, 0) is 76.2 Å². The predicted octanol–water partition coefficient (Wildman–Crippen LogP) is 2.00. The molecule has 0 radical (unpaired) electrons. The highest BCUT2D eigenvalue weighted by molar-refractivity contribution is 5.86. The first-order valence-electron chi connectivity index (χ1n) is 10.9. The SMILES string of the molecule is Cc1c(OCC(=O)NC2COC3(CCNCC3)C2)ccc2c3c(c(=O)oc12)CCC3. The van der Waals surface area contributed by atoms with Crippen molar-refractivity contribution in [2.24, 2.45) is 0 Å². The Bertz CT molecular complexity index is 1040. The van der Waals surface area contributed by atoms with Crippen molar-refractivity contribution >= 4 is 16.9 Å². The molecular formula is C23H28N2O5. The van der Waals surface area contributed by atoms with Crippen LogP contribution in [-0.4, -0.2) is 43.9 Å². The highest BCUT2D eigenvalue weighted by atomic mass is 16.5. The number of rotatable bonds is 4. The Morgan fingerprint density at radius 3 is 2.90 bits per heavy atom. The molecule has 1 amide bonds. The van der Waals surface area contributed by atoms with Gasteiger partial charge in [-0.2, -0.15) is 0 Å². The fraction of sp³-hybridized carbons (Fsp3) is 0.565. The summed E-state index contributed by atoms with van der Waals surface area (Å²) in [7, 11) is 0. The number of nitrogens with one attached hydrogen (secondary N) is 2. The molecule has 7 heteroatoms. The average molecular weight is 412 g/mol. The van der Waals surface area contributed by atoms with E-state index in [1.807, 2.05) is 19.1 Å². The Labute approximate surface area is 175 Å². The highest BCUT2D eigenvalue weighted by Gasteiger charge is 2.41. The zero-order valence-corrected chi connectivity index (χ0v) is 17.3. The van der Waals surface area contributed by atoms with Crippen LogP contribution >= 0.6 is 0 Å². The normalized spacial score (nSPS) is 22.4. The maximum absolute atomic E-state index is 12.4. The number of hydrogen-bond donors (Lipinski definition) is 2. The number of aryl methyl sites for hydroxylation is 2. The first-order valence-corrected chi connectivity index (χ1v) is 10.9. The van der Waals surface area contributed by atoms with E-state index < -0.39 is 0 Å². The van der Waals surface area contributed by atoms with E-state index in [0.29, 0.717) is 17.9 Å². The minimum atomic E-state index is -0.249. The Hall–Kier alpha value is -2.38. The minimum Gasteiger partial charge on any atom is -0.483 e. The fourth-order valence-corrected chi connectivity index (χ4v) is 5.20. The summed E-state index contributed by atoms with van der Waals surface area (Å²) in [6.45, 7) is 4.27. The Kier molecular flexibility index (Phi) is 5.03. The standard InChI is InChI=1S/C23H28N2O5/c1-14-19(6-5-17-16-3-2-4-18(16)22(27)30-21(14)17)28-13-20(26)25-15-11-23(29-12-15)7-9-24-10-8-23/h5-6,15,24H,2-4,7-13H2,1H3,(H,25,26). The van der Waals surface area contributed by atoms with Gasteiger partial charge in [0, 0.05) is 16.5 Å². The average Bonchev–Trinajstić information content (AvgIpc) is 3.37. The quantitative estimate of drug-likeness (QED) is 0.747. The maximum Gasteiger partial charge on any atom is 0.339 e. The molecule has 1 unspecified atom stereocenters. The van der Waals surface area contributed by atoms with Gasteiger partial charge in [0.2, 0.25) is 0 Å². The number of carbonyl (C=O) groups is 1. The third-order valence-corrected chi connectivity index (χ3v) is 6.79. The van der Waals surface area contributed by atoms with Crippen LogP contribution in [0, 0.1) is 6.92 Å². The Morgan fingerprint density at radius 2 is 2.07 bits per heavy atom. The van der Waals surface area contributed by atoms with Gasteiger partial charge in [0.25, 0.3) is 5.91 Å². The maximum atomic E-state index is 12.4. The zero-order chi connectivity index (χ0) is 20.7. The van der Waals surface area contributed by atoms with Gasteiger partial charge in [-0.15, -0.1) is 0 Å². The van der Waals surface area contributed by atoms with Crippen molar-refractivity contribution in [3.8, 4) is 5.75 Å². The van der Waals surface area contributed by atoms with Crippen LogP contribution in [-0.2, 0) is 22.4 Å². The summed E-state index contributed by atoms with van der Waals surface area (Å²) in [5, 5.41) is 7.37. The largest absolute Gasteiger partial charge is 0.483 e. The molecular weight excluding hydrogens is 384 g/mol. The lowest BCUT2D eigenvalue weighted by Crippen LogP contribution is -2.43. The third-order valence-electron chi connectivity index (χ3n) is 6.79. The Balaban J connectivity index is 1.24. The van der Waals surface area contributed by atoms with Gasteiger partial charge < -0.3 is 24.5 Å². The summed E-state index contributed by atoms with van der Waals surface area (Å²) in [5.74, 6) is 0.403. The van der Waals surface area contributed by atoms with Gasteiger partial charge in [0.05, 0.1) is 18.2 Å². The summed E-state index contributed by atoms with van der Waals surface area (Å²) in [5.41, 5.74) is 2.89. The van der Waals surface area contributed by atoms with E-state index in [4.69, 9.17) is 13.9 Å². The molecule has 1 aromatic heterocycles. The molecule has 5 rings (SSSR count). The summed E-state index contributed by atoms with van der Waals surface area (Å²) >= 11 is 0. The lowest BCUT2D eigenvalue weighted by Gasteiger charge is -2.32. The van der Waals surface area contributed by atoms with E-state index in [1.165, 1.54) is 0 Å². The number of piperidine rings is 1. The topological polar surface area (TPSA) is 89.8 Å². The number of benzene rings is 1. The van der Waals surface area contributed by atoms with Crippen molar-refractivity contribution in [1.29, 1.82) is 0 Å². The number of carbonyl (C=O) groups excluding carboxylic acids is 1. The van der Waals surface area contributed by atoms with Crippen LogP contribution in [0.2, 0.25) is 0 Å². The number of hydrogen-bond acceptors (Lipinski definition) is 6. The molecule has 0 saturated carbocycles. The summed E-state index contributed by atoms with van der Waals surface area (Å²) in [4.78, 5) is 24.7. The number of amides is 1. The smallest absolute Gasteiger partial charge is 0.339 e. The van der Waals surface area contributed by atoms with Crippen LogP contribution in [0.3, 0.4) is 0 Å². The van der Waals surface area contributed by atoms with Crippen molar-refractivity contribution in [1.82, 2.24) is 10.6 Å². The van der Waals surface area contributed by atoms with Gasteiger partial charge in [-0.1, -0.05) is 0 Å². The molecule has 1 aromatic carbocycles. The van der Waals surface area contributed by atoms with Crippen molar-refractivity contribution in [2.45, 2.75) is 57.1 Å². The molecule has 3 heterocycles. The highest BCUT2D eigenvalue weighted by Crippen LogP contribution is 2.34. The van der Waals surface area contributed by atoms with E-state index in [1.54, 1.807) is 0 Å². The molecule has 2 fully saturated rings. The molecule has 2 aliphatic heterocycles.